The number of carboxylic acid groups (broad SMARTS) is 1. The van der Waals surface area contributed by atoms with Gasteiger partial charge in [0.15, 0.2) is 6.29 Å². The molecule has 1 aliphatic heterocycles. The quantitative estimate of drug-likeness (QED) is 0.322. The Balaban J connectivity index is 2.09. The second kappa shape index (κ2) is 10.9. The van der Waals surface area contributed by atoms with Gasteiger partial charge in [0.05, 0.1) is 6.61 Å². The number of carboxylic acids is 1. The molecule has 5 N–H and O–H groups in total. The highest BCUT2D eigenvalue weighted by molar-refractivity contribution is 5.66. The molecule has 1 aliphatic rings. The molecule has 0 aromatic heterocycles. The predicted molar refractivity (Wildman–Crippen MR) is 79.7 cm³/mol. The number of carbonyl (C=O) groups is 1. The van der Waals surface area contributed by atoms with E-state index in [-0.39, 0.29) is 6.42 Å². The van der Waals surface area contributed by atoms with Gasteiger partial charge < -0.3 is 35.0 Å². The number of rotatable bonds is 11. The summed E-state index contributed by atoms with van der Waals surface area (Å²) >= 11 is 0. The average Bonchev–Trinajstić information content (AvgIpc) is 2.52. The lowest BCUT2D eigenvalue weighted by atomic mass is 9.99. The van der Waals surface area contributed by atoms with Gasteiger partial charge in [0.2, 0.25) is 0 Å². The number of hydrogen-bond donors (Lipinski definition) is 5. The lowest BCUT2D eigenvalue weighted by molar-refractivity contribution is -0.301. The van der Waals surface area contributed by atoms with Gasteiger partial charge in [-0.15, -0.1) is 0 Å². The van der Waals surface area contributed by atoms with Gasteiger partial charge in [-0.2, -0.15) is 0 Å². The zero-order chi connectivity index (χ0) is 17.2. The zero-order valence-electron chi connectivity index (χ0n) is 13.2. The molecule has 5 atom stereocenters. The molecule has 0 radical (unpaired) electrons. The third-order valence-corrected chi connectivity index (χ3v) is 3.92. The van der Waals surface area contributed by atoms with Crippen LogP contribution in [0.15, 0.2) is 0 Å². The van der Waals surface area contributed by atoms with Crippen molar-refractivity contribution in [3.63, 3.8) is 0 Å². The van der Waals surface area contributed by atoms with Crippen LogP contribution < -0.4 is 0 Å². The third-order valence-electron chi connectivity index (χ3n) is 3.92. The number of hydrogen-bond acceptors (Lipinski definition) is 7. The number of aliphatic hydroxyl groups excluding tert-OH is 4. The van der Waals surface area contributed by atoms with Crippen molar-refractivity contribution in [1.29, 1.82) is 0 Å². The van der Waals surface area contributed by atoms with Gasteiger partial charge in [-0.1, -0.05) is 25.7 Å². The second-order valence-electron chi connectivity index (χ2n) is 5.83. The predicted octanol–water partition coefficient (Wildman–Crippen LogP) is -0.382. The van der Waals surface area contributed by atoms with Gasteiger partial charge in [-0.25, -0.2) is 0 Å². The Morgan fingerprint density at radius 3 is 2.13 bits per heavy atom. The Kier molecular flexibility index (Phi) is 9.61. The zero-order valence-corrected chi connectivity index (χ0v) is 13.2. The molecule has 0 unspecified atom stereocenters. The third kappa shape index (κ3) is 7.11. The first-order valence-electron chi connectivity index (χ1n) is 8.11. The Labute approximate surface area is 135 Å². The van der Waals surface area contributed by atoms with Crippen molar-refractivity contribution in [1.82, 2.24) is 0 Å². The minimum atomic E-state index is -1.42. The molecule has 8 nitrogen and oxygen atoms in total. The van der Waals surface area contributed by atoms with Crippen molar-refractivity contribution >= 4 is 5.97 Å². The summed E-state index contributed by atoms with van der Waals surface area (Å²) in [7, 11) is 0. The van der Waals surface area contributed by atoms with E-state index < -0.39 is 43.3 Å². The normalized spacial score (nSPS) is 31.2. The summed E-state index contributed by atoms with van der Waals surface area (Å²) in [6.07, 6.45) is -0.793. The topological polar surface area (TPSA) is 137 Å². The molecular weight excluding hydrogens is 308 g/mol. The maximum absolute atomic E-state index is 10.3. The van der Waals surface area contributed by atoms with E-state index in [2.05, 4.69) is 0 Å². The van der Waals surface area contributed by atoms with Crippen LogP contribution in [0.4, 0.5) is 0 Å². The summed E-state index contributed by atoms with van der Waals surface area (Å²) in [5.41, 5.74) is 0. The van der Waals surface area contributed by atoms with Gasteiger partial charge in [-0.3, -0.25) is 4.79 Å². The van der Waals surface area contributed by atoms with Crippen LogP contribution in [0.1, 0.15) is 44.9 Å². The van der Waals surface area contributed by atoms with Crippen molar-refractivity contribution < 1.29 is 39.8 Å². The second-order valence-corrected chi connectivity index (χ2v) is 5.83. The van der Waals surface area contributed by atoms with Gasteiger partial charge in [0.1, 0.15) is 24.4 Å². The monoisotopic (exact) mass is 336 g/mol. The average molecular weight is 336 g/mol. The van der Waals surface area contributed by atoms with Crippen molar-refractivity contribution in [2.75, 3.05) is 13.2 Å². The molecule has 0 aromatic carbocycles. The van der Waals surface area contributed by atoms with Crippen LogP contribution in [-0.4, -0.2) is 75.4 Å². The van der Waals surface area contributed by atoms with E-state index >= 15 is 0 Å². The smallest absolute Gasteiger partial charge is 0.303 e. The number of ether oxygens (including phenoxy) is 2. The summed E-state index contributed by atoms with van der Waals surface area (Å²) in [4.78, 5) is 10.3. The van der Waals surface area contributed by atoms with Crippen molar-refractivity contribution in [3.05, 3.63) is 0 Å². The Bertz CT molecular complexity index is 335. The minimum absolute atomic E-state index is 0.209. The van der Waals surface area contributed by atoms with Crippen LogP contribution in [0.3, 0.4) is 0 Å². The molecule has 0 aromatic rings. The Morgan fingerprint density at radius 1 is 0.913 bits per heavy atom. The molecule has 0 saturated carbocycles. The molecule has 0 bridgehead atoms. The first-order valence-corrected chi connectivity index (χ1v) is 8.11. The number of unbranched alkanes of at least 4 members (excludes halogenated alkanes) is 5. The van der Waals surface area contributed by atoms with Crippen molar-refractivity contribution in [3.8, 4) is 0 Å². The molecule has 1 saturated heterocycles. The first-order chi connectivity index (χ1) is 11.0. The van der Waals surface area contributed by atoms with Crippen LogP contribution in [0, 0.1) is 0 Å². The van der Waals surface area contributed by atoms with E-state index in [4.69, 9.17) is 19.7 Å². The highest BCUT2D eigenvalue weighted by atomic mass is 16.7. The van der Waals surface area contributed by atoms with Crippen LogP contribution in [-0.2, 0) is 14.3 Å². The molecule has 1 heterocycles. The summed E-state index contributed by atoms with van der Waals surface area (Å²) in [5, 5.41) is 46.6. The Morgan fingerprint density at radius 2 is 1.52 bits per heavy atom. The molecule has 23 heavy (non-hydrogen) atoms. The van der Waals surface area contributed by atoms with Crippen LogP contribution >= 0.6 is 0 Å². The molecular formula is C15H28O8. The van der Waals surface area contributed by atoms with Crippen LogP contribution in [0.2, 0.25) is 0 Å². The number of aliphatic carboxylic acids is 1. The fourth-order valence-electron chi connectivity index (χ4n) is 2.49. The van der Waals surface area contributed by atoms with E-state index in [1.54, 1.807) is 0 Å². The maximum atomic E-state index is 10.3. The van der Waals surface area contributed by atoms with Crippen molar-refractivity contribution in [2.45, 2.75) is 75.7 Å². The first kappa shape index (κ1) is 20.3. The maximum Gasteiger partial charge on any atom is 0.303 e. The standard InChI is InChI=1S/C15H28O8/c16-9-10-12(19)13(20)14(21)15(23-10)22-8-6-4-2-1-3-5-7-11(17)18/h10,12-16,19-21H,1-9H2,(H,17,18)/t10-,12-,13+,14+,15+/m1/s1. The van der Waals surface area contributed by atoms with Crippen LogP contribution in [0.5, 0.6) is 0 Å². The molecule has 0 spiro atoms. The molecule has 136 valence electrons. The number of aliphatic hydroxyl groups is 4. The van der Waals surface area contributed by atoms with E-state index in [0.717, 1.165) is 32.1 Å². The Hall–Kier alpha value is -0.770. The van der Waals surface area contributed by atoms with Crippen LogP contribution in [0.25, 0.3) is 0 Å². The highest BCUT2D eigenvalue weighted by Gasteiger charge is 2.43. The van der Waals surface area contributed by atoms with Gasteiger partial charge in [0.25, 0.3) is 0 Å². The fraction of sp³-hybridized carbons (Fsp3) is 0.933. The summed E-state index contributed by atoms with van der Waals surface area (Å²) in [5.74, 6) is -0.766. The van der Waals surface area contributed by atoms with Crippen molar-refractivity contribution in [2.24, 2.45) is 0 Å². The minimum Gasteiger partial charge on any atom is -0.481 e. The van der Waals surface area contributed by atoms with Gasteiger partial charge >= 0.3 is 5.97 Å². The van der Waals surface area contributed by atoms with E-state index in [0.29, 0.717) is 13.0 Å². The van der Waals surface area contributed by atoms with E-state index in [9.17, 15) is 20.1 Å². The fourth-order valence-corrected chi connectivity index (χ4v) is 2.49. The molecule has 1 fully saturated rings. The molecule has 0 amide bonds. The lowest BCUT2D eigenvalue weighted by Gasteiger charge is -2.39. The lowest BCUT2D eigenvalue weighted by Crippen LogP contribution is -2.59. The summed E-state index contributed by atoms with van der Waals surface area (Å²) < 4.78 is 10.6. The molecule has 8 heteroatoms. The van der Waals surface area contributed by atoms with Gasteiger partial charge in [0, 0.05) is 13.0 Å². The molecule has 0 aliphatic carbocycles. The summed E-state index contributed by atoms with van der Waals surface area (Å²) in [6.45, 7) is -0.140. The molecule has 1 rings (SSSR count). The summed E-state index contributed by atoms with van der Waals surface area (Å²) in [6, 6.07) is 0. The van der Waals surface area contributed by atoms with E-state index in [1.165, 1.54) is 0 Å². The highest BCUT2D eigenvalue weighted by Crippen LogP contribution is 2.22. The largest absolute Gasteiger partial charge is 0.481 e. The SMILES string of the molecule is O=C(O)CCCCCCCCO[C@H]1O[C@H](CO)[C@@H](O)[C@H](O)[C@@H]1O. The van der Waals surface area contributed by atoms with Gasteiger partial charge in [-0.05, 0) is 12.8 Å². The van der Waals surface area contributed by atoms with E-state index in [1.807, 2.05) is 0 Å².